The molecule has 2 N–H and O–H groups in total. The molecule has 0 aromatic heterocycles. The van der Waals surface area contributed by atoms with Crippen LogP contribution in [0.1, 0.15) is 30.5 Å². The molecule has 2 aromatic rings. The molecule has 0 unspecified atom stereocenters. The van der Waals surface area contributed by atoms with Crippen molar-refractivity contribution >= 4 is 17.6 Å². The number of carbonyl (C=O) groups excluding carboxylic acids is 1. The predicted molar refractivity (Wildman–Crippen MR) is 108 cm³/mol. The number of guanidine groups is 1. The maximum Gasteiger partial charge on any atom is 0.221 e. The first-order chi connectivity index (χ1) is 12.5. The summed E-state index contributed by atoms with van der Waals surface area (Å²) in [5, 5.41) is 6.15. The molecule has 0 heterocycles. The van der Waals surface area contributed by atoms with Crippen LogP contribution in [0, 0.1) is 6.92 Å². The fourth-order valence-electron chi connectivity index (χ4n) is 2.70. The standard InChI is InChI=1S/C21H28N4O/c1-5-22-21(25(4)15-19-11-7-6-9-16(19)2)23-14-18-10-8-12-20(13-18)24-17(3)26/h6-13H,5,14-15H2,1-4H3,(H,22,23)(H,24,26). The minimum Gasteiger partial charge on any atom is -0.357 e. The number of amides is 1. The van der Waals surface area contributed by atoms with E-state index < -0.39 is 0 Å². The molecule has 0 radical (unpaired) electrons. The van der Waals surface area contributed by atoms with Gasteiger partial charge in [0.15, 0.2) is 5.96 Å². The zero-order valence-electron chi connectivity index (χ0n) is 16.0. The summed E-state index contributed by atoms with van der Waals surface area (Å²) in [6.45, 7) is 7.85. The van der Waals surface area contributed by atoms with Gasteiger partial charge in [0, 0.05) is 32.7 Å². The highest BCUT2D eigenvalue weighted by Gasteiger charge is 2.08. The smallest absolute Gasteiger partial charge is 0.221 e. The summed E-state index contributed by atoms with van der Waals surface area (Å²) >= 11 is 0. The van der Waals surface area contributed by atoms with Crippen LogP contribution in [0.4, 0.5) is 5.69 Å². The summed E-state index contributed by atoms with van der Waals surface area (Å²) in [7, 11) is 2.04. The minimum atomic E-state index is -0.0723. The van der Waals surface area contributed by atoms with Crippen molar-refractivity contribution in [3.8, 4) is 0 Å². The van der Waals surface area contributed by atoms with E-state index in [1.807, 2.05) is 31.3 Å². The number of aryl methyl sites for hydroxylation is 1. The summed E-state index contributed by atoms with van der Waals surface area (Å²) in [5.74, 6) is 0.789. The second-order valence-electron chi connectivity index (χ2n) is 6.33. The van der Waals surface area contributed by atoms with Crippen LogP contribution >= 0.6 is 0 Å². The number of benzene rings is 2. The number of hydrogen-bond acceptors (Lipinski definition) is 2. The molecule has 0 saturated carbocycles. The molecule has 2 rings (SSSR count). The largest absolute Gasteiger partial charge is 0.357 e. The van der Waals surface area contributed by atoms with Gasteiger partial charge in [0.05, 0.1) is 6.54 Å². The summed E-state index contributed by atoms with van der Waals surface area (Å²) < 4.78 is 0. The highest BCUT2D eigenvalue weighted by Crippen LogP contribution is 2.13. The van der Waals surface area contributed by atoms with Crippen LogP contribution in [0.3, 0.4) is 0 Å². The van der Waals surface area contributed by atoms with Crippen molar-refractivity contribution in [2.24, 2.45) is 4.99 Å². The summed E-state index contributed by atoms with van der Waals surface area (Å²) in [6.07, 6.45) is 0. The van der Waals surface area contributed by atoms with E-state index in [0.29, 0.717) is 6.54 Å². The topological polar surface area (TPSA) is 56.7 Å². The third-order valence-corrected chi connectivity index (χ3v) is 4.02. The van der Waals surface area contributed by atoms with E-state index in [4.69, 9.17) is 4.99 Å². The summed E-state index contributed by atoms with van der Waals surface area (Å²) in [5.41, 5.74) is 4.41. The molecule has 2 aromatic carbocycles. The summed E-state index contributed by atoms with van der Waals surface area (Å²) in [4.78, 5) is 18.1. The monoisotopic (exact) mass is 352 g/mol. The third-order valence-electron chi connectivity index (χ3n) is 4.02. The Bertz CT molecular complexity index is 770. The van der Waals surface area contributed by atoms with Gasteiger partial charge in [-0.2, -0.15) is 0 Å². The van der Waals surface area contributed by atoms with E-state index >= 15 is 0 Å². The second kappa shape index (κ2) is 9.61. The predicted octanol–water partition coefficient (Wildman–Crippen LogP) is 3.55. The Hall–Kier alpha value is -2.82. The van der Waals surface area contributed by atoms with Gasteiger partial charge in [-0.05, 0) is 42.7 Å². The van der Waals surface area contributed by atoms with Gasteiger partial charge >= 0.3 is 0 Å². The van der Waals surface area contributed by atoms with E-state index in [9.17, 15) is 4.79 Å². The van der Waals surface area contributed by atoms with E-state index in [1.54, 1.807) is 0 Å². The Labute approximate surface area is 156 Å². The van der Waals surface area contributed by atoms with Gasteiger partial charge in [0.1, 0.15) is 0 Å². The zero-order chi connectivity index (χ0) is 18.9. The Kier molecular flexibility index (Phi) is 7.21. The third kappa shape index (κ3) is 5.92. The van der Waals surface area contributed by atoms with Crippen LogP contribution in [0.5, 0.6) is 0 Å². The lowest BCUT2D eigenvalue weighted by atomic mass is 10.1. The van der Waals surface area contributed by atoms with Crippen LogP contribution in [0.25, 0.3) is 0 Å². The van der Waals surface area contributed by atoms with Gasteiger partial charge in [-0.25, -0.2) is 4.99 Å². The van der Waals surface area contributed by atoms with Crippen molar-refractivity contribution in [2.75, 3.05) is 18.9 Å². The number of anilines is 1. The molecule has 5 nitrogen and oxygen atoms in total. The number of carbonyl (C=O) groups is 1. The SMILES string of the molecule is CCNC(=NCc1cccc(NC(C)=O)c1)N(C)Cc1ccccc1C. The van der Waals surface area contributed by atoms with E-state index in [1.165, 1.54) is 18.1 Å². The lowest BCUT2D eigenvalue weighted by molar-refractivity contribution is -0.114. The molecule has 26 heavy (non-hydrogen) atoms. The summed E-state index contributed by atoms with van der Waals surface area (Å²) in [6, 6.07) is 16.2. The molecule has 0 spiro atoms. The van der Waals surface area contributed by atoms with Crippen LogP contribution in [-0.4, -0.2) is 30.4 Å². The molecule has 0 bridgehead atoms. The molecule has 0 aliphatic rings. The van der Waals surface area contributed by atoms with Gasteiger partial charge in [-0.3, -0.25) is 4.79 Å². The Balaban J connectivity index is 2.10. The lowest BCUT2D eigenvalue weighted by Gasteiger charge is -2.23. The molecule has 0 aliphatic heterocycles. The Morgan fingerprint density at radius 2 is 1.92 bits per heavy atom. The average Bonchev–Trinajstić information content (AvgIpc) is 2.60. The van der Waals surface area contributed by atoms with E-state index in [2.05, 4.69) is 53.6 Å². The van der Waals surface area contributed by atoms with Gasteiger partial charge in [-0.1, -0.05) is 36.4 Å². The fraction of sp³-hybridized carbons (Fsp3) is 0.333. The quantitative estimate of drug-likeness (QED) is 0.617. The number of rotatable bonds is 6. The Morgan fingerprint density at radius 1 is 1.15 bits per heavy atom. The highest BCUT2D eigenvalue weighted by atomic mass is 16.1. The maximum atomic E-state index is 11.2. The van der Waals surface area contributed by atoms with Crippen LogP contribution in [-0.2, 0) is 17.9 Å². The van der Waals surface area contributed by atoms with E-state index in [0.717, 1.165) is 30.3 Å². The number of hydrogen-bond donors (Lipinski definition) is 2. The number of aliphatic imine (C=N–C) groups is 1. The van der Waals surface area contributed by atoms with Crippen molar-refractivity contribution in [3.63, 3.8) is 0 Å². The van der Waals surface area contributed by atoms with Gasteiger partial charge in [-0.15, -0.1) is 0 Å². The van der Waals surface area contributed by atoms with Crippen LogP contribution < -0.4 is 10.6 Å². The van der Waals surface area contributed by atoms with Gasteiger partial charge < -0.3 is 15.5 Å². The molecular formula is C21H28N4O. The number of nitrogens with one attached hydrogen (secondary N) is 2. The molecular weight excluding hydrogens is 324 g/mol. The second-order valence-corrected chi connectivity index (χ2v) is 6.33. The van der Waals surface area contributed by atoms with Crippen molar-refractivity contribution in [2.45, 2.75) is 33.9 Å². The van der Waals surface area contributed by atoms with Crippen molar-refractivity contribution in [1.82, 2.24) is 10.2 Å². The fourth-order valence-corrected chi connectivity index (χ4v) is 2.70. The van der Waals surface area contributed by atoms with Crippen molar-refractivity contribution in [3.05, 3.63) is 65.2 Å². The average molecular weight is 352 g/mol. The molecule has 138 valence electrons. The first-order valence-corrected chi connectivity index (χ1v) is 8.90. The first kappa shape index (κ1) is 19.5. The first-order valence-electron chi connectivity index (χ1n) is 8.90. The zero-order valence-corrected chi connectivity index (χ0v) is 16.0. The lowest BCUT2D eigenvalue weighted by Crippen LogP contribution is -2.38. The molecule has 0 aliphatic carbocycles. The van der Waals surface area contributed by atoms with Crippen molar-refractivity contribution in [1.29, 1.82) is 0 Å². The van der Waals surface area contributed by atoms with Gasteiger partial charge in [0.25, 0.3) is 0 Å². The van der Waals surface area contributed by atoms with Crippen LogP contribution in [0.2, 0.25) is 0 Å². The number of nitrogens with zero attached hydrogens (tertiary/aromatic N) is 2. The molecule has 5 heteroatoms. The van der Waals surface area contributed by atoms with Crippen LogP contribution in [0.15, 0.2) is 53.5 Å². The molecule has 0 saturated heterocycles. The van der Waals surface area contributed by atoms with E-state index in [-0.39, 0.29) is 5.91 Å². The molecule has 1 amide bonds. The Morgan fingerprint density at radius 3 is 2.62 bits per heavy atom. The minimum absolute atomic E-state index is 0.0723. The van der Waals surface area contributed by atoms with Crippen molar-refractivity contribution < 1.29 is 4.79 Å². The molecule has 0 atom stereocenters. The maximum absolute atomic E-state index is 11.2. The highest BCUT2D eigenvalue weighted by molar-refractivity contribution is 5.88. The van der Waals surface area contributed by atoms with Gasteiger partial charge in [0.2, 0.25) is 5.91 Å². The molecule has 0 fully saturated rings. The normalized spacial score (nSPS) is 11.2.